The number of pyridine rings is 1. The molecule has 0 aromatic carbocycles. The predicted molar refractivity (Wildman–Crippen MR) is 62.0 cm³/mol. The van der Waals surface area contributed by atoms with Crippen LogP contribution in [0.15, 0.2) is 36.3 Å². The summed E-state index contributed by atoms with van der Waals surface area (Å²) in [6, 6.07) is 4.34. The molecule has 0 atom stereocenters. The lowest BCUT2D eigenvalue weighted by Gasteiger charge is -1.98. The van der Waals surface area contributed by atoms with Gasteiger partial charge in [-0.25, -0.2) is 14.1 Å². The summed E-state index contributed by atoms with van der Waals surface area (Å²) in [6.07, 6.45) is 4.02. The SMILES string of the molecule is C/C(=C/c1ccn(-c2ccc(F)cn2)n1)[N+](=O)[O-]. The maximum absolute atomic E-state index is 12.7. The molecule has 0 amide bonds. The lowest BCUT2D eigenvalue weighted by atomic mass is 10.3. The second-order valence-electron chi connectivity index (χ2n) is 3.56. The standard InChI is InChI=1S/C11H9FN4O2/c1-8(16(17)18)6-10-4-5-15(14-10)11-3-2-9(12)7-13-11/h2-7H,1H3/b8-6-. The molecule has 0 radical (unpaired) electrons. The van der Waals surface area contributed by atoms with Crippen LogP contribution in [0.2, 0.25) is 0 Å². The summed E-state index contributed by atoms with van der Waals surface area (Å²) < 4.78 is 14.1. The van der Waals surface area contributed by atoms with Crippen LogP contribution in [0.5, 0.6) is 0 Å². The van der Waals surface area contributed by atoms with E-state index in [0.717, 1.165) is 6.20 Å². The number of halogens is 1. The van der Waals surface area contributed by atoms with Crippen LogP contribution in [0.4, 0.5) is 4.39 Å². The summed E-state index contributed by atoms with van der Waals surface area (Å²) in [5, 5.41) is 14.6. The predicted octanol–water partition coefficient (Wildman–Crippen LogP) is 2.04. The van der Waals surface area contributed by atoms with Crippen LogP contribution < -0.4 is 0 Å². The Morgan fingerprint density at radius 1 is 1.50 bits per heavy atom. The van der Waals surface area contributed by atoms with E-state index in [-0.39, 0.29) is 5.70 Å². The number of nitro groups is 1. The van der Waals surface area contributed by atoms with Gasteiger partial charge in [0.05, 0.1) is 16.8 Å². The second kappa shape index (κ2) is 4.74. The van der Waals surface area contributed by atoms with E-state index in [1.165, 1.54) is 29.8 Å². The van der Waals surface area contributed by atoms with Gasteiger partial charge in [-0.2, -0.15) is 5.10 Å². The summed E-state index contributed by atoms with van der Waals surface area (Å²) in [5.74, 6) is 0.00466. The smallest absolute Gasteiger partial charge is 0.245 e. The monoisotopic (exact) mass is 248 g/mol. The Morgan fingerprint density at radius 3 is 2.89 bits per heavy atom. The molecule has 0 spiro atoms. The van der Waals surface area contributed by atoms with E-state index >= 15 is 0 Å². The van der Waals surface area contributed by atoms with E-state index in [9.17, 15) is 14.5 Å². The fraction of sp³-hybridized carbons (Fsp3) is 0.0909. The van der Waals surface area contributed by atoms with E-state index in [1.54, 1.807) is 12.3 Å². The highest BCUT2D eigenvalue weighted by Crippen LogP contribution is 2.08. The van der Waals surface area contributed by atoms with Gasteiger partial charge in [0.25, 0.3) is 0 Å². The number of hydrogen-bond donors (Lipinski definition) is 0. The number of allylic oxidation sites excluding steroid dienone is 1. The van der Waals surface area contributed by atoms with E-state index in [2.05, 4.69) is 10.1 Å². The molecule has 0 N–H and O–H groups in total. The van der Waals surface area contributed by atoms with Crippen molar-refractivity contribution in [2.24, 2.45) is 0 Å². The van der Waals surface area contributed by atoms with Gasteiger partial charge in [0.15, 0.2) is 5.82 Å². The minimum Gasteiger partial charge on any atom is -0.259 e. The maximum atomic E-state index is 12.7. The minimum atomic E-state index is -0.491. The zero-order valence-corrected chi connectivity index (χ0v) is 9.45. The van der Waals surface area contributed by atoms with Gasteiger partial charge in [-0.1, -0.05) is 0 Å². The molecule has 0 aliphatic heterocycles. The molecule has 2 heterocycles. The minimum absolute atomic E-state index is 0.00712. The Morgan fingerprint density at radius 2 is 2.28 bits per heavy atom. The quantitative estimate of drug-likeness (QED) is 0.615. The van der Waals surface area contributed by atoms with E-state index in [1.807, 2.05) is 0 Å². The van der Waals surface area contributed by atoms with Gasteiger partial charge in [-0.3, -0.25) is 10.1 Å². The van der Waals surface area contributed by atoms with Gasteiger partial charge in [0.1, 0.15) is 5.82 Å². The first-order chi connectivity index (χ1) is 8.56. The topological polar surface area (TPSA) is 73.8 Å². The van der Waals surface area contributed by atoms with Gasteiger partial charge < -0.3 is 0 Å². The summed E-state index contributed by atoms with van der Waals surface area (Å²) in [6.45, 7) is 1.38. The molecule has 0 bridgehead atoms. The Labute approximate surface area is 102 Å². The molecule has 2 aromatic rings. The summed E-state index contributed by atoms with van der Waals surface area (Å²) in [4.78, 5) is 13.8. The second-order valence-corrected chi connectivity index (χ2v) is 3.56. The highest BCUT2D eigenvalue weighted by atomic mass is 19.1. The molecule has 0 unspecified atom stereocenters. The molecular formula is C11H9FN4O2. The Hall–Kier alpha value is -2.57. The van der Waals surface area contributed by atoms with Gasteiger partial charge in [-0.15, -0.1) is 0 Å². The highest BCUT2D eigenvalue weighted by Gasteiger charge is 2.05. The molecule has 0 aliphatic rings. The number of nitrogens with zero attached hydrogens (tertiary/aromatic N) is 4. The zero-order valence-electron chi connectivity index (χ0n) is 9.45. The molecule has 0 fully saturated rings. The van der Waals surface area contributed by atoms with Crippen LogP contribution in [0.25, 0.3) is 11.9 Å². The molecule has 6 nitrogen and oxygen atoms in total. The van der Waals surface area contributed by atoms with Crippen molar-refractivity contribution in [2.45, 2.75) is 6.92 Å². The average molecular weight is 248 g/mol. The van der Waals surface area contributed by atoms with Crippen molar-refractivity contribution in [2.75, 3.05) is 0 Å². The van der Waals surface area contributed by atoms with E-state index in [0.29, 0.717) is 11.5 Å². The van der Waals surface area contributed by atoms with Gasteiger partial charge in [0, 0.05) is 19.2 Å². The van der Waals surface area contributed by atoms with Crippen LogP contribution in [-0.4, -0.2) is 19.7 Å². The first kappa shape index (κ1) is 11.9. The molecule has 0 saturated carbocycles. The lowest BCUT2D eigenvalue weighted by molar-refractivity contribution is -0.422. The molecule has 2 rings (SSSR count). The molecule has 0 aliphatic carbocycles. The fourth-order valence-corrected chi connectivity index (χ4v) is 1.31. The van der Waals surface area contributed by atoms with Crippen molar-refractivity contribution in [1.82, 2.24) is 14.8 Å². The highest BCUT2D eigenvalue weighted by molar-refractivity contribution is 5.45. The first-order valence-electron chi connectivity index (χ1n) is 5.06. The van der Waals surface area contributed by atoms with Crippen LogP contribution in [-0.2, 0) is 0 Å². The zero-order chi connectivity index (χ0) is 13.1. The van der Waals surface area contributed by atoms with Crippen molar-refractivity contribution in [3.63, 3.8) is 0 Å². The third-order valence-corrected chi connectivity index (χ3v) is 2.20. The molecular weight excluding hydrogens is 239 g/mol. The number of aromatic nitrogens is 3. The number of hydrogen-bond acceptors (Lipinski definition) is 4. The van der Waals surface area contributed by atoms with Crippen LogP contribution in [0.3, 0.4) is 0 Å². The summed E-state index contributed by atoms with van der Waals surface area (Å²) in [7, 11) is 0. The fourth-order valence-electron chi connectivity index (χ4n) is 1.31. The van der Waals surface area contributed by atoms with Crippen molar-refractivity contribution >= 4 is 6.08 Å². The largest absolute Gasteiger partial charge is 0.259 e. The maximum Gasteiger partial charge on any atom is 0.245 e. The van der Waals surface area contributed by atoms with Crippen molar-refractivity contribution < 1.29 is 9.31 Å². The molecule has 92 valence electrons. The third-order valence-electron chi connectivity index (χ3n) is 2.20. The van der Waals surface area contributed by atoms with Crippen LogP contribution in [0.1, 0.15) is 12.6 Å². The van der Waals surface area contributed by atoms with Crippen molar-refractivity contribution in [3.05, 3.63) is 57.9 Å². The van der Waals surface area contributed by atoms with Gasteiger partial charge in [-0.05, 0) is 18.2 Å². The Kier molecular flexibility index (Phi) is 3.13. The molecule has 18 heavy (non-hydrogen) atoms. The molecule has 2 aromatic heterocycles. The molecule has 7 heteroatoms. The van der Waals surface area contributed by atoms with Gasteiger partial charge in [0.2, 0.25) is 5.70 Å². The van der Waals surface area contributed by atoms with E-state index < -0.39 is 10.7 Å². The summed E-state index contributed by atoms with van der Waals surface area (Å²) in [5.41, 5.74) is 0.433. The molecule has 0 saturated heterocycles. The van der Waals surface area contributed by atoms with Crippen LogP contribution in [0, 0.1) is 15.9 Å². The third kappa shape index (κ3) is 2.57. The Bertz CT molecular complexity index is 604. The Balaban J connectivity index is 2.28. The van der Waals surface area contributed by atoms with Gasteiger partial charge >= 0.3 is 0 Å². The number of rotatable bonds is 3. The first-order valence-corrected chi connectivity index (χ1v) is 5.06. The summed E-state index contributed by atoms with van der Waals surface area (Å²) >= 11 is 0. The van der Waals surface area contributed by atoms with Crippen molar-refractivity contribution in [1.29, 1.82) is 0 Å². The average Bonchev–Trinajstić information content (AvgIpc) is 2.78. The van der Waals surface area contributed by atoms with E-state index in [4.69, 9.17) is 0 Å². The lowest BCUT2D eigenvalue weighted by Crippen LogP contribution is -1.98. The van der Waals surface area contributed by atoms with Crippen LogP contribution >= 0.6 is 0 Å². The normalized spacial score (nSPS) is 11.6. The van der Waals surface area contributed by atoms with Crippen molar-refractivity contribution in [3.8, 4) is 5.82 Å².